The van der Waals surface area contributed by atoms with E-state index in [1.807, 2.05) is 13.1 Å². The second-order valence-electron chi connectivity index (χ2n) is 6.71. The van der Waals surface area contributed by atoms with Gasteiger partial charge in [0.2, 0.25) is 0 Å². The molecule has 128 valence electrons. The maximum atomic E-state index is 4.88. The Morgan fingerprint density at radius 2 is 1.38 bits per heavy atom. The average Bonchev–Trinajstić information content (AvgIpc) is 2.69. The lowest BCUT2D eigenvalue weighted by atomic mass is 9.99. The number of benzene rings is 3. The monoisotopic (exact) mass is 338 g/mol. The smallest absolute Gasteiger partial charge is 0.134 e. The molecule has 3 aromatic carbocycles. The van der Waals surface area contributed by atoms with Gasteiger partial charge in [-0.3, -0.25) is 0 Å². The Kier molecular flexibility index (Phi) is 4.18. The molecule has 0 radical (unpaired) electrons. The molecule has 1 heterocycles. The van der Waals surface area contributed by atoms with Gasteiger partial charge in [0.05, 0.1) is 5.69 Å². The summed E-state index contributed by atoms with van der Waals surface area (Å²) in [4.78, 5) is 4.88. The Labute approximate surface area is 154 Å². The van der Waals surface area contributed by atoms with Crippen LogP contribution in [-0.2, 0) is 0 Å². The standard InChI is InChI=1S/C24H22N2/c1-16-12-21-15-23(26-24(25-3)22(21)13-17(16)2)20-11-7-10-19(14-20)18-8-5-4-6-9-18/h4-15H,1-3H3,(H,25,26). The first kappa shape index (κ1) is 16.3. The van der Waals surface area contributed by atoms with Gasteiger partial charge >= 0.3 is 0 Å². The Morgan fingerprint density at radius 3 is 2.15 bits per heavy atom. The lowest BCUT2D eigenvalue weighted by Crippen LogP contribution is -1.97. The zero-order valence-electron chi connectivity index (χ0n) is 15.4. The summed E-state index contributed by atoms with van der Waals surface area (Å²) in [5.41, 5.74) is 7.13. The van der Waals surface area contributed by atoms with E-state index in [9.17, 15) is 0 Å². The summed E-state index contributed by atoms with van der Waals surface area (Å²) in [6, 6.07) is 25.7. The van der Waals surface area contributed by atoms with E-state index in [1.54, 1.807) is 0 Å². The maximum absolute atomic E-state index is 4.88. The second-order valence-corrected chi connectivity index (χ2v) is 6.71. The van der Waals surface area contributed by atoms with Gasteiger partial charge in [-0.2, -0.15) is 0 Å². The van der Waals surface area contributed by atoms with Crippen LogP contribution in [0.2, 0.25) is 0 Å². The van der Waals surface area contributed by atoms with Gasteiger partial charge in [-0.05, 0) is 59.7 Å². The third-order valence-electron chi connectivity index (χ3n) is 4.95. The summed E-state index contributed by atoms with van der Waals surface area (Å²) in [6.45, 7) is 4.30. The topological polar surface area (TPSA) is 24.9 Å². The van der Waals surface area contributed by atoms with Gasteiger partial charge < -0.3 is 5.32 Å². The van der Waals surface area contributed by atoms with Gasteiger partial charge in [-0.1, -0.05) is 54.6 Å². The first-order valence-corrected chi connectivity index (χ1v) is 8.91. The number of nitrogens with one attached hydrogen (secondary N) is 1. The zero-order chi connectivity index (χ0) is 18.1. The van der Waals surface area contributed by atoms with E-state index in [0.29, 0.717) is 0 Å². The van der Waals surface area contributed by atoms with Crippen molar-refractivity contribution >= 4 is 16.6 Å². The van der Waals surface area contributed by atoms with E-state index in [-0.39, 0.29) is 0 Å². The molecule has 0 aliphatic rings. The summed E-state index contributed by atoms with van der Waals surface area (Å²) < 4.78 is 0. The van der Waals surface area contributed by atoms with Crippen LogP contribution in [0.25, 0.3) is 33.2 Å². The van der Waals surface area contributed by atoms with Crippen LogP contribution in [0.4, 0.5) is 5.82 Å². The van der Waals surface area contributed by atoms with E-state index in [0.717, 1.165) is 17.1 Å². The van der Waals surface area contributed by atoms with Gasteiger partial charge in [0.1, 0.15) is 5.82 Å². The Bertz CT molecular complexity index is 1080. The van der Waals surface area contributed by atoms with Crippen LogP contribution in [-0.4, -0.2) is 12.0 Å². The number of nitrogens with zero attached hydrogens (tertiary/aromatic N) is 1. The Balaban J connectivity index is 1.88. The minimum Gasteiger partial charge on any atom is -0.373 e. The fourth-order valence-electron chi connectivity index (χ4n) is 3.35. The fraction of sp³-hybridized carbons (Fsp3) is 0.125. The largest absolute Gasteiger partial charge is 0.373 e. The Morgan fingerprint density at radius 1 is 0.692 bits per heavy atom. The number of fused-ring (bicyclic) bond motifs is 1. The number of pyridine rings is 1. The van der Waals surface area contributed by atoms with Crippen LogP contribution in [0.1, 0.15) is 11.1 Å². The molecule has 1 N–H and O–H groups in total. The highest BCUT2D eigenvalue weighted by Gasteiger charge is 2.09. The van der Waals surface area contributed by atoms with Crippen molar-refractivity contribution in [3.8, 4) is 22.4 Å². The number of anilines is 1. The molecule has 4 aromatic rings. The van der Waals surface area contributed by atoms with Gasteiger partial charge in [0.15, 0.2) is 0 Å². The second kappa shape index (κ2) is 6.64. The molecular formula is C24H22N2. The van der Waals surface area contributed by atoms with Crippen LogP contribution in [0.15, 0.2) is 72.8 Å². The van der Waals surface area contributed by atoms with Crippen molar-refractivity contribution in [3.63, 3.8) is 0 Å². The first-order chi connectivity index (χ1) is 12.7. The molecule has 2 nitrogen and oxygen atoms in total. The van der Waals surface area contributed by atoms with Crippen molar-refractivity contribution in [1.29, 1.82) is 0 Å². The molecule has 0 saturated carbocycles. The van der Waals surface area contributed by atoms with E-state index in [4.69, 9.17) is 4.98 Å². The minimum atomic E-state index is 0.922. The number of aromatic nitrogens is 1. The molecule has 0 fully saturated rings. The summed E-state index contributed by atoms with van der Waals surface area (Å²) in [6.07, 6.45) is 0. The number of aryl methyl sites for hydroxylation is 2. The molecule has 2 heteroatoms. The van der Waals surface area contributed by atoms with Crippen LogP contribution >= 0.6 is 0 Å². The predicted octanol–water partition coefficient (Wildman–Crippen LogP) is 6.23. The number of hydrogen-bond acceptors (Lipinski definition) is 2. The highest BCUT2D eigenvalue weighted by molar-refractivity contribution is 5.95. The molecular weight excluding hydrogens is 316 g/mol. The summed E-state index contributed by atoms with van der Waals surface area (Å²) >= 11 is 0. The van der Waals surface area contributed by atoms with Crippen molar-refractivity contribution in [3.05, 3.63) is 83.9 Å². The molecule has 0 bridgehead atoms. The third-order valence-corrected chi connectivity index (χ3v) is 4.95. The van der Waals surface area contributed by atoms with Crippen molar-refractivity contribution < 1.29 is 0 Å². The lowest BCUT2D eigenvalue weighted by molar-refractivity contribution is 1.30. The van der Waals surface area contributed by atoms with Gasteiger partial charge in [0, 0.05) is 18.0 Å². The molecule has 0 atom stereocenters. The SMILES string of the molecule is CNc1nc(-c2cccc(-c3ccccc3)c2)cc2cc(C)c(C)cc12. The van der Waals surface area contributed by atoms with Crippen molar-refractivity contribution in [1.82, 2.24) is 4.98 Å². The maximum Gasteiger partial charge on any atom is 0.134 e. The van der Waals surface area contributed by atoms with E-state index in [2.05, 4.69) is 85.9 Å². The quantitative estimate of drug-likeness (QED) is 0.479. The van der Waals surface area contributed by atoms with Crippen molar-refractivity contribution in [2.24, 2.45) is 0 Å². The molecule has 26 heavy (non-hydrogen) atoms. The molecule has 1 aromatic heterocycles. The molecule has 4 rings (SSSR count). The molecule has 0 aliphatic heterocycles. The summed E-state index contributed by atoms with van der Waals surface area (Å²) in [5, 5.41) is 5.64. The molecule has 0 aliphatic carbocycles. The van der Waals surface area contributed by atoms with Gasteiger partial charge in [0.25, 0.3) is 0 Å². The van der Waals surface area contributed by atoms with Gasteiger partial charge in [-0.15, -0.1) is 0 Å². The van der Waals surface area contributed by atoms with Crippen molar-refractivity contribution in [2.75, 3.05) is 12.4 Å². The first-order valence-electron chi connectivity index (χ1n) is 8.91. The number of hydrogen-bond donors (Lipinski definition) is 1. The normalized spacial score (nSPS) is 10.9. The molecule has 0 amide bonds. The van der Waals surface area contributed by atoms with E-state index >= 15 is 0 Å². The van der Waals surface area contributed by atoms with Crippen LogP contribution < -0.4 is 5.32 Å². The molecule has 0 spiro atoms. The zero-order valence-corrected chi connectivity index (χ0v) is 15.4. The predicted molar refractivity (Wildman–Crippen MR) is 112 cm³/mol. The Hall–Kier alpha value is -3.13. The fourth-order valence-corrected chi connectivity index (χ4v) is 3.35. The average molecular weight is 338 g/mol. The molecule has 0 saturated heterocycles. The minimum absolute atomic E-state index is 0.922. The van der Waals surface area contributed by atoms with E-state index in [1.165, 1.54) is 33.0 Å². The number of rotatable bonds is 3. The van der Waals surface area contributed by atoms with Crippen LogP contribution in [0.5, 0.6) is 0 Å². The van der Waals surface area contributed by atoms with Crippen LogP contribution in [0, 0.1) is 13.8 Å². The highest BCUT2D eigenvalue weighted by Crippen LogP contribution is 2.31. The summed E-state index contributed by atoms with van der Waals surface area (Å²) in [7, 11) is 1.93. The molecule has 0 unspecified atom stereocenters. The van der Waals surface area contributed by atoms with Crippen molar-refractivity contribution in [2.45, 2.75) is 13.8 Å². The third kappa shape index (κ3) is 2.95. The summed E-state index contributed by atoms with van der Waals surface area (Å²) in [5.74, 6) is 0.922. The lowest BCUT2D eigenvalue weighted by Gasteiger charge is -2.12. The highest BCUT2D eigenvalue weighted by atomic mass is 15.0. The van der Waals surface area contributed by atoms with Gasteiger partial charge in [-0.25, -0.2) is 4.98 Å². The van der Waals surface area contributed by atoms with Crippen LogP contribution in [0.3, 0.4) is 0 Å². The van der Waals surface area contributed by atoms with E-state index < -0.39 is 0 Å².